The van der Waals surface area contributed by atoms with Crippen molar-refractivity contribution >= 4 is 11.6 Å². The predicted octanol–water partition coefficient (Wildman–Crippen LogP) is 1.42. The highest BCUT2D eigenvalue weighted by Crippen LogP contribution is 2.47. The standard InChI is InChI=1S/C12H11F3N2O2/c13-12(14,15)10(18)17-6-5-11(19)7-3-1-2-4-8(7)16-9(11)17/h1-4,9,16,19H,5-6H2/t9-,11+/m1/s1. The largest absolute Gasteiger partial charge is 0.471 e. The number of nitrogens with one attached hydrogen (secondary N) is 1. The van der Waals surface area contributed by atoms with Gasteiger partial charge in [-0.1, -0.05) is 18.2 Å². The summed E-state index contributed by atoms with van der Waals surface area (Å²) >= 11 is 0. The first-order valence-electron chi connectivity index (χ1n) is 5.80. The van der Waals surface area contributed by atoms with Crippen LogP contribution in [0.15, 0.2) is 24.3 Å². The van der Waals surface area contributed by atoms with Crippen molar-refractivity contribution in [2.75, 3.05) is 11.9 Å². The lowest BCUT2D eigenvalue weighted by Gasteiger charge is -2.28. The van der Waals surface area contributed by atoms with Crippen molar-refractivity contribution in [2.24, 2.45) is 0 Å². The second kappa shape index (κ2) is 3.63. The minimum absolute atomic E-state index is 0.0868. The molecule has 0 saturated carbocycles. The van der Waals surface area contributed by atoms with Crippen LogP contribution in [0.3, 0.4) is 0 Å². The van der Waals surface area contributed by atoms with Crippen molar-refractivity contribution < 1.29 is 23.1 Å². The van der Waals surface area contributed by atoms with Crippen molar-refractivity contribution in [3.8, 4) is 0 Å². The lowest BCUT2D eigenvalue weighted by atomic mass is 9.93. The van der Waals surface area contributed by atoms with E-state index in [0.29, 0.717) is 16.2 Å². The number of alkyl halides is 3. The van der Waals surface area contributed by atoms with E-state index in [2.05, 4.69) is 5.32 Å². The summed E-state index contributed by atoms with van der Waals surface area (Å²) in [6, 6.07) is 6.74. The van der Waals surface area contributed by atoms with Crippen molar-refractivity contribution in [1.82, 2.24) is 4.90 Å². The fraction of sp³-hybridized carbons (Fsp3) is 0.417. The van der Waals surface area contributed by atoms with Crippen LogP contribution in [0, 0.1) is 0 Å². The van der Waals surface area contributed by atoms with Gasteiger partial charge in [0.2, 0.25) is 0 Å². The van der Waals surface area contributed by atoms with Gasteiger partial charge in [0.25, 0.3) is 0 Å². The van der Waals surface area contributed by atoms with Crippen LogP contribution < -0.4 is 5.32 Å². The summed E-state index contributed by atoms with van der Waals surface area (Å²) in [5.74, 6) is -1.92. The zero-order chi connectivity index (χ0) is 13.8. The van der Waals surface area contributed by atoms with Gasteiger partial charge >= 0.3 is 12.1 Å². The third-order valence-electron chi connectivity index (χ3n) is 3.69. The first kappa shape index (κ1) is 12.3. The maximum absolute atomic E-state index is 12.5. The van der Waals surface area contributed by atoms with Crippen LogP contribution in [0.4, 0.5) is 18.9 Å². The highest BCUT2D eigenvalue weighted by molar-refractivity contribution is 5.83. The summed E-state index contributed by atoms with van der Waals surface area (Å²) in [4.78, 5) is 12.0. The van der Waals surface area contributed by atoms with Crippen molar-refractivity contribution in [3.63, 3.8) is 0 Å². The van der Waals surface area contributed by atoms with Crippen LogP contribution >= 0.6 is 0 Å². The van der Waals surface area contributed by atoms with Crippen LogP contribution in [0.2, 0.25) is 0 Å². The van der Waals surface area contributed by atoms with Gasteiger partial charge in [0, 0.05) is 24.2 Å². The average Bonchev–Trinajstić information content (AvgIpc) is 2.80. The molecule has 2 atom stereocenters. The molecule has 2 heterocycles. The molecule has 102 valence electrons. The monoisotopic (exact) mass is 272 g/mol. The quantitative estimate of drug-likeness (QED) is 0.751. The molecule has 1 aromatic rings. The van der Waals surface area contributed by atoms with Gasteiger partial charge in [0.05, 0.1) is 0 Å². The molecule has 19 heavy (non-hydrogen) atoms. The maximum Gasteiger partial charge on any atom is 0.471 e. The molecule has 3 rings (SSSR count). The number of amides is 1. The topological polar surface area (TPSA) is 52.6 Å². The van der Waals surface area contributed by atoms with Crippen LogP contribution in [0.25, 0.3) is 0 Å². The van der Waals surface area contributed by atoms with E-state index in [1.54, 1.807) is 24.3 Å². The van der Waals surface area contributed by atoms with E-state index >= 15 is 0 Å². The molecule has 0 aliphatic carbocycles. The zero-order valence-electron chi connectivity index (χ0n) is 9.74. The summed E-state index contributed by atoms with van der Waals surface area (Å²) in [5.41, 5.74) is -0.343. The van der Waals surface area contributed by atoms with Gasteiger partial charge in [0.1, 0.15) is 11.8 Å². The number of aliphatic hydroxyl groups is 1. The Kier molecular flexibility index (Phi) is 2.35. The number of benzene rings is 1. The molecule has 1 amide bonds. The van der Waals surface area contributed by atoms with Gasteiger partial charge in [-0.2, -0.15) is 13.2 Å². The Morgan fingerprint density at radius 1 is 1.42 bits per heavy atom. The number of anilines is 1. The van der Waals surface area contributed by atoms with E-state index in [0.717, 1.165) is 0 Å². The number of fused-ring (bicyclic) bond motifs is 3. The molecular weight excluding hydrogens is 261 g/mol. The average molecular weight is 272 g/mol. The number of halogens is 3. The smallest absolute Gasteiger partial charge is 0.381 e. The highest BCUT2D eigenvalue weighted by atomic mass is 19.4. The first-order chi connectivity index (χ1) is 8.84. The van der Waals surface area contributed by atoms with Gasteiger partial charge in [-0.15, -0.1) is 0 Å². The summed E-state index contributed by atoms with van der Waals surface area (Å²) in [6.45, 7) is -0.124. The maximum atomic E-state index is 12.5. The van der Waals surface area contributed by atoms with Gasteiger partial charge in [-0.25, -0.2) is 0 Å². The molecule has 0 unspecified atom stereocenters. The van der Waals surface area contributed by atoms with E-state index in [1.807, 2.05) is 0 Å². The van der Waals surface area contributed by atoms with Gasteiger partial charge in [0.15, 0.2) is 0 Å². The Labute approximate surface area is 106 Å². The number of nitrogens with zero attached hydrogens (tertiary/aromatic N) is 1. The Bertz CT molecular complexity index is 546. The Hall–Kier alpha value is -1.76. The number of rotatable bonds is 0. The van der Waals surface area contributed by atoms with Crippen molar-refractivity contribution in [1.29, 1.82) is 0 Å². The second-order valence-electron chi connectivity index (χ2n) is 4.76. The SMILES string of the molecule is O=C(N1CC[C@]2(O)c3ccccc3N[C@H]12)C(F)(F)F. The van der Waals surface area contributed by atoms with Crippen LogP contribution in [-0.4, -0.2) is 34.8 Å². The Balaban J connectivity index is 1.96. The predicted molar refractivity (Wildman–Crippen MR) is 60.1 cm³/mol. The number of para-hydroxylation sites is 1. The molecule has 1 saturated heterocycles. The van der Waals surface area contributed by atoms with Crippen LogP contribution in [0.1, 0.15) is 12.0 Å². The fourth-order valence-corrected chi connectivity index (χ4v) is 2.81. The number of hydrogen-bond acceptors (Lipinski definition) is 3. The van der Waals surface area contributed by atoms with Gasteiger partial charge in [-0.3, -0.25) is 4.79 Å². The molecule has 0 bridgehead atoms. The molecule has 4 nitrogen and oxygen atoms in total. The van der Waals surface area contributed by atoms with E-state index < -0.39 is 23.9 Å². The lowest BCUT2D eigenvalue weighted by molar-refractivity contribution is -0.187. The van der Waals surface area contributed by atoms with E-state index in [4.69, 9.17) is 0 Å². The third kappa shape index (κ3) is 1.61. The minimum atomic E-state index is -4.93. The lowest BCUT2D eigenvalue weighted by Crippen LogP contribution is -2.50. The molecule has 1 aromatic carbocycles. The summed E-state index contributed by atoms with van der Waals surface area (Å²) < 4.78 is 37.5. The first-order valence-corrected chi connectivity index (χ1v) is 5.80. The highest BCUT2D eigenvalue weighted by Gasteiger charge is 2.58. The number of hydrogen-bond donors (Lipinski definition) is 2. The van der Waals surface area contributed by atoms with Crippen LogP contribution in [0.5, 0.6) is 0 Å². The molecule has 2 N–H and O–H groups in total. The zero-order valence-corrected chi connectivity index (χ0v) is 9.74. The fourth-order valence-electron chi connectivity index (χ4n) is 2.81. The summed E-state index contributed by atoms with van der Waals surface area (Å²) in [5, 5.41) is 13.3. The van der Waals surface area contributed by atoms with Crippen molar-refractivity contribution in [3.05, 3.63) is 29.8 Å². The molecule has 2 aliphatic heterocycles. The van der Waals surface area contributed by atoms with E-state index in [1.165, 1.54) is 0 Å². The molecule has 0 spiro atoms. The molecule has 0 radical (unpaired) electrons. The molecule has 7 heteroatoms. The van der Waals surface area contributed by atoms with Crippen molar-refractivity contribution in [2.45, 2.75) is 24.4 Å². The molecular formula is C12H11F3N2O2. The second-order valence-corrected chi connectivity index (χ2v) is 4.76. The Morgan fingerprint density at radius 3 is 2.79 bits per heavy atom. The number of carbonyl (C=O) groups is 1. The summed E-state index contributed by atoms with van der Waals surface area (Å²) in [6.07, 6.45) is -5.90. The van der Waals surface area contributed by atoms with Gasteiger partial charge in [-0.05, 0) is 6.07 Å². The number of carbonyl (C=O) groups excluding carboxylic acids is 1. The number of likely N-dealkylation sites (tertiary alicyclic amines) is 1. The third-order valence-corrected chi connectivity index (χ3v) is 3.69. The Morgan fingerprint density at radius 2 is 2.11 bits per heavy atom. The van der Waals surface area contributed by atoms with E-state index in [-0.39, 0.29) is 13.0 Å². The normalized spacial score (nSPS) is 28.8. The molecule has 2 aliphatic rings. The van der Waals surface area contributed by atoms with Crippen LogP contribution in [-0.2, 0) is 10.4 Å². The van der Waals surface area contributed by atoms with Gasteiger partial charge < -0.3 is 15.3 Å². The summed E-state index contributed by atoms with van der Waals surface area (Å²) in [7, 11) is 0. The minimum Gasteiger partial charge on any atom is -0.381 e. The molecule has 0 aromatic heterocycles. The molecule has 1 fully saturated rings. The van der Waals surface area contributed by atoms with E-state index in [9.17, 15) is 23.1 Å².